The standard InChI is InChI=1S/C27H37NO8S/c1-5-21(36-27(30)18-35-23-12-13-34-17-23)14-20-6-11-25(26(29)15-20)28(16-19(2)3)37(31,32)24-9-7-22(33-4)8-10-24/h6-11,15,19,21,23,29H,5,12-14,16-18H2,1-4H3/t21-,23+/m0/s1. The molecule has 9 nitrogen and oxygen atoms in total. The van der Waals surface area contributed by atoms with Gasteiger partial charge in [-0.25, -0.2) is 13.2 Å². The predicted molar refractivity (Wildman–Crippen MR) is 140 cm³/mol. The molecule has 2 aromatic carbocycles. The van der Waals surface area contributed by atoms with Crippen LogP contribution in [0.25, 0.3) is 0 Å². The maximum absolute atomic E-state index is 13.5. The molecule has 0 amide bonds. The SMILES string of the molecule is CC[C@@H](Cc1ccc(N(CC(C)C)S(=O)(=O)c2ccc(OC)cc2)c(O)c1)OC(=O)CO[C@@H]1CCOC1. The number of esters is 1. The second-order valence-electron chi connectivity index (χ2n) is 9.45. The fourth-order valence-corrected chi connectivity index (χ4v) is 5.66. The first-order valence-corrected chi connectivity index (χ1v) is 14.0. The minimum Gasteiger partial charge on any atom is -0.506 e. The fourth-order valence-electron chi connectivity index (χ4n) is 4.02. The highest BCUT2D eigenvalue weighted by Crippen LogP contribution is 2.34. The highest BCUT2D eigenvalue weighted by Gasteiger charge is 2.28. The third-order valence-corrected chi connectivity index (χ3v) is 7.82. The number of anilines is 1. The van der Waals surface area contributed by atoms with Crippen LogP contribution in [0, 0.1) is 5.92 Å². The third-order valence-electron chi connectivity index (χ3n) is 6.03. The fraction of sp³-hybridized carbons (Fsp3) is 0.519. The van der Waals surface area contributed by atoms with E-state index in [1.54, 1.807) is 24.3 Å². The number of rotatable bonds is 13. The number of hydrogen-bond donors (Lipinski definition) is 1. The Balaban J connectivity index is 1.74. The molecule has 10 heteroatoms. The summed E-state index contributed by atoms with van der Waals surface area (Å²) in [5, 5.41) is 10.9. The molecule has 1 saturated heterocycles. The smallest absolute Gasteiger partial charge is 0.332 e. The molecule has 37 heavy (non-hydrogen) atoms. The molecule has 2 aromatic rings. The number of ether oxygens (including phenoxy) is 4. The van der Waals surface area contributed by atoms with Crippen molar-refractivity contribution in [3.05, 3.63) is 48.0 Å². The highest BCUT2D eigenvalue weighted by atomic mass is 32.2. The van der Waals surface area contributed by atoms with E-state index in [4.69, 9.17) is 18.9 Å². The van der Waals surface area contributed by atoms with Gasteiger partial charge >= 0.3 is 5.97 Å². The average molecular weight is 536 g/mol. The van der Waals surface area contributed by atoms with Gasteiger partial charge in [0.2, 0.25) is 0 Å². The number of phenolic OH excluding ortho intramolecular Hbond substituents is 1. The molecule has 0 aliphatic carbocycles. The van der Waals surface area contributed by atoms with Crippen LogP contribution in [0.4, 0.5) is 5.69 Å². The van der Waals surface area contributed by atoms with Crippen molar-refractivity contribution in [3.8, 4) is 11.5 Å². The van der Waals surface area contributed by atoms with Gasteiger partial charge in [-0.05, 0) is 60.7 Å². The van der Waals surface area contributed by atoms with Gasteiger partial charge in [0.15, 0.2) is 0 Å². The summed E-state index contributed by atoms with van der Waals surface area (Å²) in [5.74, 6) is -0.0601. The maximum Gasteiger partial charge on any atom is 0.332 e. The topological polar surface area (TPSA) is 112 Å². The van der Waals surface area contributed by atoms with Gasteiger partial charge < -0.3 is 24.1 Å². The van der Waals surface area contributed by atoms with Crippen LogP contribution in [-0.4, -0.2) is 65.2 Å². The lowest BCUT2D eigenvalue weighted by Gasteiger charge is -2.27. The molecular weight excluding hydrogens is 498 g/mol. The lowest BCUT2D eigenvalue weighted by molar-refractivity contribution is -0.156. The van der Waals surface area contributed by atoms with Crippen LogP contribution in [0.3, 0.4) is 0 Å². The Morgan fingerprint density at radius 2 is 1.92 bits per heavy atom. The van der Waals surface area contributed by atoms with Crippen molar-refractivity contribution in [1.29, 1.82) is 0 Å². The predicted octanol–water partition coefficient (Wildman–Crippen LogP) is 3.92. The molecule has 1 N–H and O–H groups in total. The largest absolute Gasteiger partial charge is 0.506 e. The van der Waals surface area contributed by atoms with Gasteiger partial charge in [-0.2, -0.15) is 0 Å². The minimum absolute atomic E-state index is 0.00833. The Morgan fingerprint density at radius 3 is 2.49 bits per heavy atom. The summed E-state index contributed by atoms with van der Waals surface area (Å²) in [6, 6.07) is 11.0. The van der Waals surface area contributed by atoms with Crippen LogP contribution < -0.4 is 9.04 Å². The number of sulfonamides is 1. The molecule has 0 saturated carbocycles. The van der Waals surface area contributed by atoms with Crippen LogP contribution in [0.15, 0.2) is 47.4 Å². The van der Waals surface area contributed by atoms with Crippen molar-refractivity contribution in [2.24, 2.45) is 5.92 Å². The van der Waals surface area contributed by atoms with E-state index < -0.39 is 22.1 Å². The van der Waals surface area contributed by atoms with Gasteiger partial charge in [-0.3, -0.25) is 4.31 Å². The number of carbonyl (C=O) groups excluding carboxylic acids is 1. The zero-order valence-electron chi connectivity index (χ0n) is 21.9. The third kappa shape index (κ3) is 7.83. The second-order valence-corrected chi connectivity index (χ2v) is 11.3. The minimum atomic E-state index is -3.94. The normalized spacial score (nSPS) is 16.5. The lowest BCUT2D eigenvalue weighted by atomic mass is 10.0. The molecule has 1 fully saturated rings. The summed E-state index contributed by atoms with van der Waals surface area (Å²) in [6.45, 7) is 6.89. The van der Waals surface area contributed by atoms with Gasteiger partial charge in [0.05, 0.1) is 30.4 Å². The number of methoxy groups -OCH3 is 1. The lowest BCUT2D eigenvalue weighted by Crippen LogP contribution is -2.34. The molecular formula is C27H37NO8S. The zero-order valence-corrected chi connectivity index (χ0v) is 22.7. The molecule has 0 bridgehead atoms. The van der Waals surface area contributed by atoms with E-state index in [1.807, 2.05) is 20.8 Å². The van der Waals surface area contributed by atoms with Gasteiger partial charge in [0.1, 0.15) is 24.2 Å². The van der Waals surface area contributed by atoms with Crippen molar-refractivity contribution in [2.75, 3.05) is 37.8 Å². The Labute approximate surface area is 219 Å². The van der Waals surface area contributed by atoms with Crippen LogP contribution in [0.1, 0.15) is 39.2 Å². The van der Waals surface area contributed by atoms with Crippen molar-refractivity contribution >= 4 is 21.7 Å². The van der Waals surface area contributed by atoms with E-state index in [0.717, 1.165) is 12.0 Å². The number of carbonyl (C=O) groups is 1. The first-order valence-electron chi connectivity index (χ1n) is 12.5. The number of aromatic hydroxyl groups is 1. The van der Waals surface area contributed by atoms with Crippen LogP contribution in [0.2, 0.25) is 0 Å². The monoisotopic (exact) mass is 535 g/mol. The number of benzene rings is 2. The first kappa shape index (κ1) is 28.7. The zero-order chi connectivity index (χ0) is 27.0. The summed E-state index contributed by atoms with van der Waals surface area (Å²) in [7, 11) is -2.43. The molecule has 3 rings (SSSR count). The summed E-state index contributed by atoms with van der Waals surface area (Å²) in [6.07, 6.45) is 1.22. The Hall–Kier alpha value is -2.82. The van der Waals surface area contributed by atoms with Crippen molar-refractivity contribution in [3.63, 3.8) is 0 Å². The molecule has 0 unspecified atom stereocenters. The maximum atomic E-state index is 13.5. The quantitative estimate of drug-likeness (QED) is 0.384. The van der Waals surface area contributed by atoms with Gasteiger partial charge in [-0.1, -0.05) is 26.8 Å². The molecule has 204 valence electrons. The number of hydrogen-bond acceptors (Lipinski definition) is 8. The molecule has 0 radical (unpaired) electrons. The van der Waals surface area contributed by atoms with Crippen LogP contribution >= 0.6 is 0 Å². The van der Waals surface area contributed by atoms with E-state index in [0.29, 0.717) is 31.8 Å². The molecule has 1 aliphatic heterocycles. The first-order chi connectivity index (χ1) is 17.6. The van der Waals surface area contributed by atoms with E-state index in [1.165, 1.54) is 29.6 Å². The van der Waals surface area contributed by atoms with Crippen LogP contribution in [-0.2, 0) is 35.4 Å². The molecule has 2 atom stereocenters. The second kappa shape index (κ2) is 13.1. The van der Waals surface area contributed by atoms with Gasteiger partial charge in [0, 0.05) is 19.6 Å². The Morgan fingerprint density at radius 1 is 1.19 bits per heavy atom. The summed E-state index contributed by atoms with van der Waals surface area (Å²) in [4.78, 5) is 12.3. The van der Waals surface area contributed by atoms with E-state index in [-0.39, 0.29) is 41.5 Å². The van der Waals surface area contributed by atoms with E-state index >= 15 is 0 Å². The summed E-state index contributed by atoms with van der Waals surface area (Å²) < 4.78 is 49.7. The molecule has 1 aliphatic rings. The van der Waals surface area contributed by atoms with Crippen LogP contribution in [0.5, 0.6) is 11.5 Å². The van der Waals surface area contributed by atoms with E-state index in [9.17, 15) is 18.3 Å². The highest BCUT2D eigenvalue weighted by molar-refractivity contribution is 7.92. The number of phenols is 1. The average Bonchev–Trinajstić information content (AvgIpc) is 3.40. The number of nitrogens with zero attached hydrogens (tertiary/aromatic N) is 1. The van der Waals surface area contributed by atoms with Crippen molar-refractivity contribution in [2.45, 2.75) is 57.1 Å². The van der Waals surface area contributed by atoms with Crippen molar-refractivity contribution < 1.29 is 37.3 Å². The molecule has 1 heterocycles. The van der Waals surface area contributed by atoms with Gasteiger partial charge in [-0.15, -0.1) is 0 Å². The Bertz CT molecular complexity index is 1130. The molecule has 0 spiro atoms. The van der Waals surface area contributed by atoms with E-state index in [2.05, 4.69) is 0 Å². The van der Waals surface area contributed by atoms with Crippen molar-refractivity contribution in [1.82, 2.24) is 0 Å². The molecule has 0 aromatic heterocycles. The summed E-state index contributed by atoms with van der Waals surface area (Å²) >= 11 is 0. The van der Waals surface area contributed by atoms with Gasteiger partial charge in [0.25, 0.3) is 10.0 Å². The Kier molecular flexibility index (Phi) is 10.2. The summed E-state index contributed by atoms with van der Waals surface area (Å²) in [5.41, 5.74) is 0.905.